The van der Waals surface area contributed by atoms with Crippen molar-refractivity contribution in [1.29, 1.82) is 0 Å². The molecule has 1 saturated heterocycles. The van der Waals surface area contributed by atoms with Crippen LogP contribution in [0.4, 0.5) is 0 Å². The minimum absolute atomic E-state index is 0.103. The highest BCUT2D eigenvalue weighted by atomic mass is 16.5. The molecule has 7 heteroatoms. The summed E-state index contributed by atoms with van der Waals surface area (Å²) in [7, 11) is 1.56. The number of hydrogen-bond acceptors (Lipinski definition) is 5. The van der Waals surface area contributed by atoms with Crippen LogP contribution in [0.5, 0.6) is 5.75 Å². The third-order valence-electron chi connectivity index (χ3n) is 12.0. The number of benzene rings is 4. The molecular formula is C43H43N2O5-. The van der Waals surface area contributed by atoms with Crippen molar-refractivity contribution in [1.82, 2.24) is 10.2 Å². The average molecular weight is 668 g/mol. The molecule has 4 aromatic carbocycles. The molecule has 0 spiro atoms. The van der Waals surface area contributed by atoms with Gasteiger partial charge in [0, 0.05) is 41.5 Å². The van der Waals surface area contributed by atoms with Crippen LogP contribution in [-0.2, 0) is 25.3 Å². The van der Waals surface area contributed by atoms with Gasteiger partial charge in [0.2, 0.25) is 5.91 Å². The van der Waals surface area contributed by atoms with Crippen molar-refractivity contribution >= 4 is 23.4 Å². The summed E-state index contributed by atoms with van der Waals surface area (Å²) in [5.74, 6) is -2.14. The van der Waals surface area contributed by atoms with Crippen LogP contribution in [0.1, 0.15) is 67.3 Å². The maximum atomic E-state index is 15.6. The van der Waals surface area contributed by atoms with Crippen LogP contribution in [0.3, 0.4) is 0 Å². The summed E-state index contributed by atoms with van der Waals surface area (Å²) in [6.07, 6.45) is 1.49. The third kappa shape index (κ3) is 4.59. The Kier molecular flexibility index (Phi) is 8.00. The number of carbonyl (C=O) groups excluding carboxylic acids is 3. The number of fused-ring (bicyclic) bond motifs is 1. The lowest BCUT2D eigenvalue weighted by atomic mass is 9.41. The highest BCUT2D eigenvalue weighted by Gasteiger charge is 2.71. The number of carboxylic acids is 1. The number of aliphatic carboxylic acids is 1. The van der Waals surface area contributed by atoms with Crippen LogP contribution < -0.4 is 15.2 Å². The topological polar surface area (TPSA) is 98.8 Å². The summed E-state index contributed by atoms with van der Waals surface area (Å²) < 4.78 is 5.59. The van der Waals surface area contributed by atoms with Crippen molar-refractivity contribution in [2.24, 2.45) is 16.7 Å². The lowest BCUT2D eigenvalue weighted by Crippen LogP contribution is -2.69. The second-order valence-electron chi connectivity index (χ2n) is 15.1. The fraction of sp³-hybridized carbons (Fsp3) is 0.326. The van der Waals surface area contributed by atoms with Crippen LogP contribution >= 0.6 is 0 Å². The smallest absolute Gasteiger partial charge is 0.254 e. The molecule has 2 bridgehead atoms. The summed E-state index contributed by atoms with van der Waals surface area (Å²) in [6, 6.07) is 34.7. The molecule has 7 nitrogen and oxygen atoms in total. The number of amides is 2. The van der Waals surface area contributed by atoms with Crippen molar-refractivity contribution in [3.8, 4) is 5.75 Å². The maximum Gasteiger partial charge on any atom is 0.254 e. The molecule has 0 aromatic heterocycles. The lowest BCUT2D eigenvalue weighted by molar-refractivity contribution is -0.319. The second-order valence-corrected chi connectivity index (χ2v) is 15.1. The van der Waals surface area contributed by atoms with E-state index in [9.17, 15) is 14.7 Å². The van der Waals surface area contributed by atoms with Gasteiger partial charge in [-0.25, -0.2) is 0 Å². The van der Waals surface area contributed by atoms with E-state index in [0.717, 1.165) is 17.5 Å². The number of nitrogens with zero attached hydrogens (tertiary/aromatic N) is 1. The van der Waals surface area contributed by atoms with Crippen molar-refractivity contribution < 1.29 is 24.2 Å². The van der Waals surface area contributed by atoms with Gasteiger partial charge >= 0.3 is 0 Å². The van der Waals surface area contributed by atoms with Crippen molar-refractivity contribution in [2.75, 3.05) is 20.2 Å². The predicted molar refractivity (Wildman–Crippen MR) is 191 cm³/mol. The molecule has 50 heavy (non-hydrogen) atoms. The first-order valence-corrected chi connectivity index (χ1v) is 17.3. The van der Waals surface area contributed by atoms with Crippen LogP contribution in [0.25, 0.3) is 5.57 Å². The molecule has 1 saturated carbocycles. The molecule has 4 aromatic rings. The quantitative estimate of drug-likeness (QED) is 0.238. The first-order chi connectivity index (χ1) is 23.9. The molecule has 1 N–H and O–H groups in total. The monoisotopic (exact) mass is 667 g/mol. The Morgan fingerprint density at radius 2 is 1.50 bits per heavy atom. The van der Waals surface area contributed by atoms with Gasteiger partial charge in [0.05, 0.1) is 18.5 Å². The third-order valence-corrected chi connectivity index (χ3v) is 12.0. The first-order valence-electron chi connectivity index (χ1n) is 17.3. The number of para-hydroxylation sites is 1. The Morgan fingerprint density at radius 3 is 2.16 bits per heavy atom. The van der Waals surface area contributed by atoms with E-state index in [2.05, 4.69) is 36.2 Å². The van der Waals surface area contributed by atoms with E-state index >= 15 is 4.79 Å². The maximum absolute atomic E-state index is 15.6. The summed E-state index contributed by atoms with van der Waals surface area (Å²) in [4.78, 5) is 45.5. The van der Waals surface area contributed by atoms with Gasteiger partial charge in [-0.1, -0.05) is 130 Å². The molecule has 1 heterocycles. The van der Waals surface area contributed by atoms with Gasteiger partial charge in [-0.05, 0) is 46.6 Å². The zero-order valence-corrected chi connectivity index (χ0v) is 29.1. The summed E-state index contributed by atoms with van der Waals surface area (Å²) in [6.45, 7) is 10.0. The largest absolute Gasteiger partial charge is 0.547 e. The number of methoxy groups -OCH3 is 1. The standard InChI is InChI=1S/C43H44N2O5/c1-28(31-20-13-15-23-35(31)50-5)37(46)45-26-36-41(29-16-8-6-9-17-29)25-24-34(32-21-12-14-22-33(32)41)42(36,27-45)38(47)44-43(39(48)49,40(2,3)4)30-18-10-7-11-19-30/h6-23,34,36H,1,24-27H2,2-5H3,(H,44,47)(H,48,49)/p-1/t34-,36+,41-,42+,43+/m1/s1. The number of hydrogen-bond donors (Lipinski definition) is 1. The summed E-state index contributed by atoms with van der Waals surface area (Å²) in [5, 5.41) is 16.6. The molecule has 4 aliphatic rings. The van der Waals surface area contributed by atoms with E-state index in [0.29, 0.717) is 29.8 Å². The van der Waals surface area contributed by atoms with E-state index in [1.165, 1.54) is 5.56 Å². The van der Waals surface area contributed by atoms with Crippen LogP contribution in [0.15, 0.2) is 116 Å². The average Bonchev–Trinajstić information content (AvgIpc) is 3.57. The molecule has 1 aliphatic heterocycles. The highest BCUT2D eigenvalue weighted by molar-refractivity contribution is 6.19. The molecule has 0 radical (unpaired) electrons. The SMILES string of the molecule is C=C(C(=O)N1C[C@H]2[C@@]3(c4ccccc4)CC[C@H](c4ccccc43)[C@@]2(C(=O)N[C@](C(=O)[O-])(c2ccccc2)C(C)(C)C)C1)c1ccccc1OC. The van der Waals surface area contributed by atoms with E-state index in [1.807, 2.05) is 54.6 Å². The zero-order valence-electron chi connectivity index (χ0n) is 29.1. The Balaban J connectivity index is 1.43. The molecular weight excluding hydrogens is 624 g/mol. The number of likely N-dealkylation sites (tertiary alicyclic amines) is 1. The van der Waals surface area contributed by atoms with Crippen LogP contribution in [0, 0.1) is 16.7 Å². The predicted octanol–water partition coefficient (Wildman–Crippen LogP) is 5.84. The summed E-state index contributed by atoms with van der Waals surface area (Å²) in [5.41, 5.74) is -0.00499. The van der Waals surface area contributed by atoms with Gasteiger partial charge in [-0.15, -0.1) is 0 Å². The molecule has 5 atom stereocenters. The first kappa shape index (κ1) is 33.3. The minimum atomic E-state index is -1.86. The van der Waals surface area contributed by atoms with Gasteiger partial charge < -0.3 is 24.9 Å². The fourth-order valence-corrected chi connectivity index (χ4v) is 9.71. The Hall–Kier alpha value is -5.17. The van der Waals surface area contributed by atoms with E-state index in [4.69, 9.17) is 4.74 Å². The second kappa shape index (κ2) is 12.0. The molecule has 3 aliphatic carbocycles. The van der Waals surface area contributed by atoms with E-state index in [-0.39, 0.29) is 35.8 Å². The van der Waals surface area contributed by atoms with Crippen LogP contribution in [0.2, 0.25) is 0 Å². The number of carbonyl (C=O) groups is 3. The Morgan fingerprint density at radius 1 is 0.880 bits per heavy atom. The van der Waals surface area contributed by atoms with E-state index in [1.54, 1.807) is 63.1 Å². The fourth-order valence-electron chi connectivity index (χ4n) is 9.71. The van der Waals surface area contributed by atoms with Crippen LogP contribution in [-0.4, -0.2) is 42.9 Å². The molecule has 2 fully saturated rings. The van der Waals surface area contributed by atoms with Gasteiger partial charge in [-0.2, -0.15) is 0 Å². The van der Waals surface area contributed by atoms with Gasteiger partial charge in [-0.3, -0.25) is 9.59 Å². The molecule has 2 amide bonds. The number of nitrogens with one attached hydrogen (secondary N) is 1. The van der Waals surface area contributed by atoms with E-state index < -0.39 is 27.8 Å². The van der Waals surface area contributed by atoms with Gasteiger partial charge in [0.1, 0.15) is 11.3 Å². The zero-order chi connectivity index (χ0) is 35.5. The number of carboxylic acid groups (broad SMARTS) is 1. The lowest BCUT2D eigenvalue weighted by Gasteiger charge is -2.61. The minimum Gasteiger partial charge on any atom is -0.547 e. The molecule has 8 rings (SSSR count). The molecule has 0 unspecified atom stereocenters. The normalized spacial score (nSPS) is 24.8. The Bertz CT molecular complexity index is 1990. The highest BCUT2D eigenvalue weighted by Crippen LogP contribution is 2.69. The Labute approximate surface area is 294 Å². The van der Waals surface area contributed by atoms with Crippen molar-refractivity contribution in [3.63, 3.8) is 0 Å². The van der Waals surface area contributed by atoms with Gasteiger partial charge in [0.15, 0.2) is 0 Å². The van der Waals surface area contributed by atoms with Gasteiger partial charge in [0.25, 0.3) is 5.91 Å². The van der Waals surface area contributed by atoms with Crippen molar-refractivity contribution in [2.45, 2.75) is 50.5 Å². The van der Waals surface area contributed by atoms with Crippen molar-refractivity contribution in [3.05, 3.63) is 144 Å². The number of ether oxygens (including phenoxy) is 1. The molecule has 256 valence electrons. The number of rotatable bonds is 8. The summed E-state index contributed by atoms with van der Waals surface area (Å²) >= 11 is 0.